The van der Waals surface area contributed by atoms with Gasteiger partial charge in [-0.2, -0.15) is 8.78 Å². The summed E-state index contributed by atoms with van der Waals surface area (Å²) in [6, 6.07) is 32.2. The number of carbonyl (C=O) groups is 2. The number of hydrogen-bond donors (Lipinski definition) is 0. The van der Waals surface area contributed by atoms with Crippen LogP contribution in [0.25, 0.3) is 0 Å². The van der Waals surface area contributed by atoms with Gasteiger partial charge in [0.15, 0.2) is 38.0 Å². The quantitative estimate of drug-likeness (QED) is 0.166. The molecule has 3 aromatic carbocycles. The van der Waals surface area contributed by atoms with Crippen molar-refractivity contribution in [1.29, 1.82) is 0 Å². The summed E-state index contributed by atoms with van der Waals surface area (Å²) >= 11 is 0. The Labute approximate surface area is 216 Å². The van der Waals surface area contributed by atoms with Gasteiger partial charge in [-0.15, -0.1) is 0 Å². The molecule has 0 aliphatic heterocycles. The maximum Gasteiger partial charge on any atom is 0.367 e. The van der Waals surface area contributed by atoms with E-state index < -0.39 is 40.5 Å². The second-order valence-electron chi connectivity index (χ2n) is 7.35. The van der Waals surface area contributed by atoms with Crippen LogP contribution in [0.15, 0.2) is 118 Å². The van der Waals surface area contributed by atoms with Crippen LogP contribution in [0, 0.1) is 0 Å². The molecule has 3 rings (SSSR count). The highest BCUT2D eigenvalue weighted by atomic mass is 32.2. The predicted molar refractivity (Wildman–Crippen MR) is 133 cm³/mol. The van der Waals surface area contributed by atoms with E-state index in [4.69, 9.17) is 0 Å². The summed E-state index contributed by atoms with van der Waals surface area (Å²) < 4.78 is 63.1. The van der Waals surface area contributed by atoms with Gasteiger partial charge in [0.25, 0.3) is 0 Å². The van der Waals surface area contributed by atoms with Crippen molar-refractivity contribution in [3.05, 3.63) is 103 Å². The number of carbonyl (C=O) groups excluding carboxylic acids is 2. The minimum absolute atomic E-state index is 0.0146. The minimum atomic E-state index is -5.93. The Balaban J connectivity index is 0.000000261. The Hall–Kier alpha value is -3.54. The lowest BCUT2D eigenvalue weighted by molar-refractivity contribution is -0.160. The van der Waals surface area contributed by atoms with Crippen LogP contribution in [0.1, 0.15) is 6.92 Å². The molecule has 0 aromatic heterocycles. The van der Waals surface area contributed by atoms with E-state index in [1.165, 1.54) is 21.6 Å². The van der Waals surface area contributed by atoms with Gasteiger partial charge < -0.3 is 14.0 Å². The standard InChI is InChI=1S/C18H15S.C8H10F2O7S/c1-4-10-16(11-5-1)19(17-12-6-2-7-13-17)18-14-8-3-9-15-18;1-5(2)7(12)16-3-6(11)17-4-8(9,10)18(13,14)15/h1-15H;1,3-4H2,2H3,(H,13,14,15)/q+1;/p-1. The SMILES string of the molecule is C=C(C)C(=O)OCC(=O)OCC(F)(F)S(=O)(=O)[O-].c1ccc([S+](c2ccccc2)c2ccccc2)cc1. The van der Waals surface area contributed by atoms with Gasteiger partial charge in [0.2, 0.25) is 0 Å². The second-order valence-corrected chi connectivity index (χ2v) is 10.9. The van der Waals surface area contributed by atoms with E-state index in [2.05, 4.69) is 107 Å². The van der Waals surface area contributed by atoms with Crippen LogP contribution < -0.4 is 0 Å². The molecule has 0 saturated carbocycles. The maximum atomic E-state index is 12.5. The number of esters is 2. The predicted octanol–water partition coefficient (Wildman–Crippen LogP) is 4.57. The van der Waals surface area contributed by atoms with Gasteiger partial charge in [0, 0.05) is 5.57 Å². The molecule has 0 heterocycles. The molecule has 0 unspecified atom stereocenters. The molecule has 0 amide bonds. The first kappa shape index (κ1) is 29.7. The minimum Gasteiger partial charge on any atom is -0.743 e. The molecule has 0 bridgehead atoms. The van der Waals surface area contributed by atoms with Gasteiger partial charge in [0.1, 0.15) is 0 Å². The fourth-order valence-electron chi connectivity index (χ4n) is 2.60. The lowest BCUT2D eigenvalue weighted by Crippen LogP contribution is -2.35. The zero-order valence-corrected chi connectivity index (χ0v) is 21.3. The van der Waals surface area contributed by atoms with Crippen LogP contribution in [0.4, 0.5) is 8.78 Å². The topological polar surface area (TPSA) is 110 Å². The highest BCUT2D eigenvalue weighted by Gasteiger charge is 2.39. The Morgan fingerprint density at radius 3 is 1.54 bits per heavy atom. The van der Waals surface area contributed by atoms with Crippen molar-refractivity contribution in [2.24, 2.45) is 0 Å². The normalized spacial score (nSPS) is 11.2. The van der Waals surface area contributed by atoms with Gasteiger partial charge in [-0.1, -0.05) is 61.2 Å². The Bertz CT molecular complexity index is 1190. The number of halogens is 2. The summed E-state index contributed by atoms with van der Waals surface area (Å²) in [7, 11) is -5.94. The number of rotatable bonds is 9. The molecule has 7 nitrogen and oxygen atoms in total. The molecule has 0 fully saturated rings. The van der Waals surface area contributed by atoms with Gasteiger partial charge in [0.05, 0.1) is 10.9 Å². The zero-order valence-electron chi connectivity index (χ0n) is 19.7. The van der Waals surface area contributed by atoms with Crippen molar-refractivity contribution in [2.45, 2.75) is 26.9 Å². The number of ether oxygens (including phenoxy) is 2. The molecule has 37 heavy (non-hydrogen) atoms. The first-order chi connectivity index (χ1) is 17.4. The summed E-state index contributed by atoms with van der Waals surface area (Å²) in [5, 5.41) is -4.74. The van der Waals surface area contributed by atoms with Gasteiger partial charge >= 0.3 is 17.2 Å². The van der Waals surface area contributed by atoms with E-state index in [0.29, 0.717) is 0 Å². The molecule has 11 heteroatoms. The van der Waals surface area contributed by atoms with Crippen LogP contribution in [0.5, 0.6) is 0 Å². The number of benzene rings is 3. The summed E-state index contributed by atoms with van der Waals surface area (Å²) in [4.78, 5) is 25.7. The van der Waals surface area contributed by atoms with E-state index in [1.54, 1.807) is 0 Å². The van der Waals surface area contributed by atoms with Crippen molar-refractivity contribution in [3.63, 3.8) is 0 Å². The van der Waals surface area contributed by atoms with E-state index >= 15 is 0 Å². The third kappa shape index (κ3) is 9.45. The van der Waals surface area contributed by atoms with E-state index in [9.17, 15) is 31.3 Å². The Morgan fingerprint density at radius 1 is 0.838 bits per heavy atom. The summed E-state index contributed by atoms with van der Waals surface area (Å²) in [5.41, 5.74) is -0.0322. The largest absolute Gasteiger partial charge is 0.743 e. The number of hydrogen-bond acceptors (Lipinski definition) is 7. The summed E-state index contributed by atoms with van der Waals surface area (Å²) in [5.74, 6) is -2.37. The molecule has 196 valence electrons. The Kier molecular flexibility index (Phi) is 11.0. The molecule has 0 atom stereocenters. The molecule has 3 aromatic rings. The summed E-state index contributed by atoms with van der Waals surface area (Å²) in [6.45, 7) is 1.53. The third-order valence-electron chi connectivity index (χ3n) is 4.37. The molecular formula is C26H24F2O7S2. The van der Waals surface area contributed by atoms with Gasteiger partial charge in [-0.3, -0.25) is 0 Å². The molecule has 0 aliphatic carbocycles. The van der Waals surface area contributed by atoms with Crippen LogP contribution in [0.2, 0.25) is 0 Å². The smallest absolute Gasteiger partial charge is 0.367 e. The van der Waals surface area contributed by atoms with Crippen molar-refractivity contribution < 1.29 is 40.8 Å². The fraction of sp³-hybridized carbons (Fsp3) is 0.154. The van der Waals surface area contributed by atoms with Gasteiger partial charge in [-0.25, -0.2) is 18.0 Å². The zero-order chi connectivity index (χ0) is 27.5. The Morgan fingerprint density at radius 2 is 1.22 bits per heavy atom. The van der Waals surface area contributed by atoms with Crippen molar-refractivity contribution in [1.82, 2.24) is 0 Å². The first-order valence-electron chi connectivity index (χ1n) is 10.6. The molecule has 0 spiro atoms. The van der Waals surface area contributed by atoms with E-state index in [-0.39, 0.29) is 16.5 Å². The van der Waals surface area contributed by atoms with E-state index in [0.717, 1.165) is 0 Å². The first-order valence-corrected chi connectivity index (χ1v) is 13.3. The highest BCUT2D eigenvalue weighted by Crippen LogP contribution is 2.30. The maximum absolute atomic E-state index is 12.5. The van der Waals surface area contributed by atoms with Crippen molar-refractivity contribution in [3.8, 4) is 0 Å². The molecule has 0 N–H and O–H groups in total. The monoisotopic (exact) mass is 550 g/mol. The molecule has 0 saturated heterocycles. The molecular weight excluding hydrogens is 526 g/mol. The molecule has 0 aliphatic rings. The molecule has 0 radical (unpaired) electrons. The number of alkyl halides is 2. The van der Waals surface area contributed by atoms with Crippen LogP contribution in [0.3, 0.4) is 0 Å². The lowest BCUT2D eigenvalue weighted by atomic mass is 10.4. The van der Waals surface area contributed by atoms with Crippen LogP contribution >= 0.6 is 0 Å². The van der Waals surface area contributed by atoms with Crippen molar-refractivity contribution >= 4 is 33.0 Å². The second kappa shape index (κ2) is 13.7. The average molecular weight is 551 g/mol. The fourth-order valence-corrected chi connectivity index (χ4v) is 4.91. The van der Waals surface area contributed by atoms with Crippen LogP contribution in [-0.2, 0) is 40.1 Å². The average Bonchev–Trinajstić information content (AvgIpc) is 2.88. The van der Waals surface area contributed by atoms with Gasteiger partial charge in [-0.05, 0) is 43.3 Å². The third-order valence-corrected chi connectivity index (χ3v) is 7.45. The lowest BCUT2D eigenvalue weighted by Gasteiger charge is -2.19. The van der Waals surface area contributed by atoms with Crippen LogP contribution in [-0.4, -0.2) is 43.4 Å². The van der Waals surface area contributed by atoms with Crippen molar-refractivity contribution in [2.75, 3.05) is 13.2 Å². The highest BCUT2D eigenvalue weighted by molar-refractivity contribution is 7.97. The van der Waals surface area contributed by atoms with E-state index in [1.807, 2.05) is 0 Å². The summed E-state index contributed by atoms with van der Waals surface area (Å²) in [6.07, 6.45) is 0.